The maximum absolute atomic E-state index is 12.6. The fraction of sp³-hybridized carbons (Fsp3) is 0.286. The molecule has 22 heavy (non-hydrogen) atoms. The van der Waals surface area contributed by atoms with Gasteiger partial charge in [0.2, 0.25) is 0 Å². The van der Waals surface area contributed by atoms with Gasteiger partial charge in [-0.3, -0.25) is 0 Å². The van der Waals surface area contributed by atoms with Crippen LogP contribution >= 0.6 is 24.0 Å². The van der Waals surface area contributed by atoms with Crippen LogP contribution in [0.3, 0.4) is 0 Å². The first kappa shape index (κ1) is 18.8. The molecule has 0 aliphatic rings. The minimum absolute atomic E-state index is 0. The lowest BCUT2D eigenvalue weighted by Crippen LogP contribution is -2.26. The number of furan rings is 1. The molecule has 1 aromatic carbocycles. The largest absolute Gasteiger partial charge is 0.461 e. The van der Waals surface area contributed by atoms with E-state index in [-0.39, 0.29) is 24.0 Å². The summed E-state index contributed by atoms with van der Waals surface area (Å²) in [6, 6.07) is 5.88. The molecule has 3 nitrogen and oxygen atoms in total. The van der Waals surface area contributed by atoms with Crippen molar-refractivity contribution in [3.8, 4) is 11.3 Å². The van der Waals surface area contributed by atoms with E-state index in [2.05, 4.69) is 0 Å². The Morgan fingerprint density at radius 3 is 2.45 bits per heavy atom. The van der Waals surface area contributed by atoms with Gasteiger partial charge in [0, 0.05) is 18.0 Å². The average molecular weight is 356 g/mol. The summed E-state index contributed by atoms with van der Waals surface area (Å²) >= 11 is 5.89. The second-order valence-electron chi connectivity index (χ2n) is 4.61. The van der Waals surface area contributed by atoms with E-state index >= 15 is 0 Å². The molecule has 1 unspecified atom stereocenters. The van der Waals surface area contributed by atoms with E-state index in [4.69, 9.17) is 26.9 Å². The number of hydrogen-bond donors (Lipinski definition) is 2. The van der Waals surface area contributed by atoms with Gasteiger partial charge < -0.3 is 15.3 Å². The zero-order chi connectivity index (χ0) is 15.6. The fourth-order valence-electron chi connectivity index (χ4n) is 1.85. The highest BCUT2D eigenvalue weighted by molar-refractivity contribution is 6.33. The molecule has 1 aromatic heterocycles. The first-order valence-electron chi connectivity index (χ1n) is 6.13. The quantitative estimate of drug-likeness (QED) is 0.874. The molecule has 0 aliphatic carbocycles. The molecular formula is C14H14Cl2F3NO2. The number of rotatable bonds is 4. The van der Waals surface area contributed by atoms with E-state index in [9.17, 15) is 13.2 Å². The predicted octanol–water partition coefficient (Wildman–Crippen LogP) is 3.90. The summed E-state index contributed by atoms with van der Waals surface area (Å²) in [7, 11) is 0. The number of nitrogens with two attached hydrogens (primary N) is 1. The summed E-state index contributed by atoms with van der Waals surface area (Å²) in [5, 5.41) is 8.83. The Hall–Kier alpha value is -1.21. The van der Waals surface area contributed by atoms with Crippen LogP contribution in [0.2, 0.25) is 5.02 Å². The number of aliphatic hydroxyl groups is 1. The number of halogens is 5. The predicted molar refractivity (Wildman–Crippen MR) is 80.2 cm³/mol. The smallest absolute Gasteiger partial charge is 0.416 e. The number of alkyl halides is 3. The Kier molecular flexibility index (Phi) is 6.31. The van der Waals surface area contributed by atoms with Gasteiger partial charge in [0.1, 0.15) is 11.5 Å². The van der Waals surface area contributed by atoms with Crippen LogP contribution in [0.25, 0.3) is 11.3 Å². The molecule has 0 amide bonds. The first-order chi connectivity index (χ1) is 9.81. The van der Waals surface area contributed by atoms with Gasteiger partial charge in [-0.05, 0) is 30.3 Å². The highest BCUT2D eigenvalue weighted by atomic mass is 35.5. The molecule has 2 rings (SSSR count). The van der Waals surface area contributed by atoms with Gasteiger partial charge >= 0.3 is 6.18 Å². The maximum atomic E-state index is 12.6. The van der Waals surface area contributed by atoms with E-state index < -0.39 is 17.8 Å². The number of aliphatic hydroxyl groups excluding tert-OH is 1. The molecule has 0 fully saturated rings. The molecule has 2 aromatic rings. The number of benzene rings is 1. The second-order valence-corrected chi connectivity index (χ2v) is 5.01. The van der Waals surface area contributed by atoms with Crippen molar-refractivity contribution >= 4 is 24.0 Å². The van der Waals surface area contributed by atoms with Crippen molar-refractivity contribution < 1.29 is 22.7 Å². The standard InChI is InChI=1S/C14H13ClF3NO2.ClH/c15-12-5-8(14(16,17)18)1-3-11(12)13-4-2-10(21-13)6-9(19)7-20;/h1-5,9,20H,6-7,19H2;1H. The minimum atomic E-state index is -4.44. The lowest BCUT2D eigenvalue weighted by Gasteiger charge is -2.09. The molecule has 3 N–H and O–H groups in total. The first-order valence-corrected chi connectivity index (χ1v) is 6.51. The van der Waals surface area contributed by atoms with Crippen LogP contribution in [0, 0.1) is 0 Å². The summed E-state index contributed by atoms with van der Waals surface area (Å²) < 4.78 is 43.2. The highest BCUT2D eigenvalue weighted by Gasteiger charge is 2.31. The third-order valence-electron chi connectivity index (χ3n) is 2.92. The number of hydrogen-bond acceptors (Lipinski definition) is 3. The van der Waals surface area contributed by atoms with Crippen LogP contribution in [-0.4, -0.2) is 17.8 Å². The third kappa shape index (κ3) is 4.39. The summed E-state index contributed by atoms with van der Waals surface area (Å²) in [6.45, 7) is -0.183. The van der Waals surface area contributed by atoms with E-state index in [0.717, 1.165) is 12.1 Å². The van der Waals surface area contributed by atoms with E-state index in [1.807, 2.05) is 0 Å². The molecule has 0 spiro atoms. The van der Waals surface area contributed by atoms with Gasteiger partial charge in [0.05, 0.1) is 17.2 Å². The Morgan fingerprint density at radius 2 is 1.91 bits per heavy atom. The second kappa shape index (κ2) is 7.37. The zero-order valence-electron chi connectivity index (χ0n) is 11.2. The monoisotopic (exact) mass is 355 g/mol. The Morgan fingerprint density at radius 1 is 1.23 bits per heavy atom. The van der Waals surface area contributed by atoms with Gasteiger partial charge in [-0.2, -0.15) is 13.2 Å². The van der Waals surface area contributed by atoms with Gasteiger partial charge in [-0.15, -0.1) is 12.4 Å². The molecule has 0 bridgehead atoms. The van der Waals surface area contributed by atoms with Crippen molar-refractivity contribution in [2.75, 3.05) is 6.61 Å². The van der Waals surface area contributed by atoms with Crippen LogP contribution < -0.4 is 5.73 Å². The lowest BCUT2D eigenvalue weighted by molar-refractivity contribution is -0.137. The van der Waals surface area contributed by atoms with Crippen molar-refractivity contribution in [3.63, 3.8) is 0 Å². The third-order valence-corrected chi connectivity index (χ3v) is 3.23. The molecular weight excluding hydrogens is 342 g/mol. The molecule has 0 saturated heterocycles. The van der Waals surface area contributed by atoms with Crippen LogP contribution in [-0.2, 0) is 12.6 Å². The van der Waals surface area contributed by atoms with Gasteiger partial charge in [0.25, 0.3) is 0 Å². The van der Waals surface area contributed by atoms with E-state index in [0.29, 0.717) is 23.5 Å². The highest BCUT2D eigenvalue weighted by Crippen LogP contribution is 2.36. The molecule has 122 valence electrons. The van der Waals surface area contributed by atoms with Crippen molar-refractivity contribution in [2.24, 2.45) is 5.73 Å². The molecule has 1 atom stereocenters. The Bertz CT molecular complexity index is 629. The lowest BCUT2D eigenvalue weighted by atomic mass is 10.1. The molecule has 0 aliphatic heterocycles. The average Bonchev–Trinajstić information content (AvgIpc) is 2.85. The normalized spacial score (nSPS) is 12.8. The summed E-state index contributed by atoms with van der Waals surface area (Å²) in [6.07, 6.45) is -4.11. The summed E-state index contributed by atoms with van der Waals surface area (Å²) in [4.78, 5) is 0. The van der Waals surface area contributed by atoms with Gasteiger partial charge in [-0.25, -0.2) is 0 Å². The SMILES string of the molecule is Cl.NC(CO)Cc1ccc(-c2ccc(C(F)(F)F)cc2Cl)o1. The van der Waals surface area contributed by atoms with Crippen molar-refractivity contribution in [2.45, 2.75) is 18.6 Å². The maximum Gasteiger partial charge on any atom is 0.416 e. The van der Waals surface area contributed by atoms with Gasteiger partial charge in [0.15, 0.2) is 0 Å². The molecule has 1 heterocycles. The van der Waals surface area contributed by atoms with Crippen molar-refractivity contribution in [1.82, 2.24) is 0 Å². The Balaban J connectivity index is 0.00000242. The van der Waals surface area contributed by atoms with Crippen LogP contribution in [0.1, 0.15) is 11.3 Å². The zero-order valence-corrected chi connectivity index (χ0v) is 12.8. The Labute approximate surface area is 136 Å². The summed E-state index contributed by atoms with van der Waals surface area (Å²) in [5.41, 5.74) is 5.14. The molecule has 0 radical (unpaired) electrons. The van der Waals surface area contributed by atoms with Crippen LogP contribution in [0.5, 0.6) is 0 Å². The minimum Gasteiger partial charge on any atom is -0.461 e. The van der Waals surface area contributed by atoms with Crippen LogP contribution in [0.15, 0.2) is 34.7 Å². The fourth-order valence-corrected chi connectivity index (χ4v) is 2.12. The summed E-state index contributed by atoms with van der Waals surface area (Å²) in [5.74, 6) is 0.886. The van der Waals surface area contributed by atoms with E-state index in [1.165, 1.54) is 6.07 Å². The topological polar surface area (TPSA) is 59.4 Å². The van der Waals surface area contributed by atoms with Crippen LogP contribution in [0.4, 0.5) is 13.2 Å². The molecule has 0 saturated carbocycles. The van der Waals surface area contributed by atoms with Crippen molar-refractivity contribution in [1.29, 1.82) is 0 Å². The molecule has 8 heteroatoms. The van der Waals surface area contributed by atoms with Gasteiger partial charge in [-0.1, -0.05) is 11.6 Å². The van der Waals surface area contributed by atoms with Crippen molar-refractivity contribution in [3.05, 3.63) is 46.7 Å². The van der Waals surface area contributed by atoms with E-state index in [1.54, 1.807) is 12.1 Å².